The number of phenolic OH excluding ortho intramolecular Hbond substituents is 3. The summed E-state index contributed by atoms with van der Waals surface area (Å²) in [6.07, 6.45) is -24.0. The molecule has 0 radical (unpaired) electrons. The number of aromatic hydroxyl groups is 3. The van der Waals surface area contributed by atoms with Crippen LogP contribution in [0.25, 0.3) is 22.3 Å². The molecular formula is C33H40O20. The molecule has 6 rings (SSSR count). The highest BCUT2D eigenvalue weighted by molar-refractivity contribution is 5.88. The molecule has 1 aromatic heterocycles. The number of fused-ring (bicyclic) bond motifs is 1. The number of aliphatic hydroxyl groups excluding tert-OH is 9. The van der Waals surface area contributed by atoms with Gasteiger partial charge in [-0.15, -0.1) is 0 Å². The zero-order valence-electron chi connectivity index (χ0n) is 27.9. The van der Waals surface area contributed by atoms with Gasteiger partial charge < -0.3 is 94.1 Å². The Kier molecular flexibility index (Phi) is 11.1. The van der Waals surface area contributed by atoms with Crippen molar-refractivity contribution >= 4 is 11.0 Å². The van der Waals surface area contributed by atoms with E-state index in [1.54, 1.807) is 0 Å². The van der Waals surface area contributed by atoms with Crippen LogP contribution in [0, 0.1) is 0 Å². The van der Waals surface area contributed by atoms with Gasteiger partial charge in [0.1, 0.15) is 83.5 Å². The van der Waals surface area contributed by atoms with E-state index in [1.807, 2.05) is 0 Å². The third kappa shape index (κ3) is 7.34. The predicted molar refractivity (Wildman–Crippen MR) is 172 cm³/mol. The summed E-state index contributed by atoms with van der Waals surface area (Å²) in [5.41, 5.74) is -1.55. The van der Waals surface area contributed by atoms with Crippen LogP contribution in [-0.2, 0) is 18.9 Å². The van der Waals surface area contributed by atoms with Crippen LogP contribution < -0.4 is 14.9 Å². The molecule has 20 heteroatoms. The average Bonchev–Trinajstić information content (AvgIpc) is 3.12. The first-order valence-corrected chi connectivity index (χ1v) is 16.4. The second-order valence-corrected chi connectivity index (χ2v) is 13.1. The Morgan fingerprint density at radius 1 is 0.604 bits per heavy atom. The fourth-order valence-corrected chi connectivity index (χ4v) is 6.14. The van der Waals surface area contributed by atoms with Crippen LogP contribution in [-0.4, -0.2) is 160 Å². The summed E-state index contributed by atoms with van der Waals surface area (Å²) in [6, 6.07) is 5.31. The van der Waals surface area contributed by atoms with Crippen LogP contribution in [0.4, 0.5) is 0 Å². The van der Waals surface area contributed by atoms with Gasteiger partial charge in [-0.1, -0.05) is 0 Å². The van der Waals surface area contributed by atoms with Gasteiger partial charge in [0.25, 0.3) is 0 Å². The number of ether oxygens (including phenoxy) is 6. The molecule has 15 atom stereocenters. The van der Waals surface area contributed by atoms with Crippen LogP contribution in [0.2, 0.25) is 0 Å². The van der Waals surface area contributed by atoms with Crippen molar-refractivity contribution in [2.24, 2.45) is 0 Å². The number of aliphatic hydroxyl groups is 9. The number of hydrogen-bond acceptors (Lipinski definition) is 20. The predicted octanol–water partition coefficient (Wildman–Crippen LogP) is -3.19. The van der Waals surface area contributed by atoms with Crippen molar-refractivity contribution in [3.05, 3.63) is 40.6 Å². The van der Waals surface area contributed by atoms with Crippen LogP contribution in [0.1, 0.15) is 13.8 Å². The molecule has 2 aromatic carbocycles. The van der Waals surface area contributed by atoms with Gasteiger partial charge in [0.15, 0.2) is 23.5 Å². The Balaban J connectivity index is 1.34. The van der Waals surface area contributed by atoms with Crippen molar-refractivity contribution in [3.63, 3.8) is 0 Å². The van der Waals surface area contributed by atoms with Crippen molar-refractivity contribution in [1.82, 2.24) is 0 Å². The monoisotopic (exact) mass is 756 g/mol. The van der Waals surface area contributed by atoms with Crippen molar-refractivity contribution < 1.29 is 94.1 Å². The maximum atomic E-state index is 14.0. The van der Waals surface area contributed by atoms with E-state index >= 15 is 0 Å². The fourth-order valence-electron chi connectivity index (χ4n) is 6.14. The molecule has 0 spiro atoms. The minimum atomic E-state index is -2.03. The minimum absolute atomic E-state index is 0.0962. The van der Waals surface area contributed by atoms with Crippen molar-refractivity contribution in [1.29, 1.82) is 0 Å². The first-order chi connectivity index (χ1) is 25.0. The van der Waals surface area contributed by atoms with Crippen LogP contribution >= 0.6 is 0 Å². The lowest BCUT2D eigenvalue weighted by Gasteiger charge is -2.42. The Morgan fingerprint density at radius 2 is 1.17 bits per heavy atom. The summed E-state index contributed by atoms with van der Waals surface area (Å²) in [5, 5.41) is 124. The summed E-state index contributed by atoms with van der Waals surface area (Å²) in [6.45, 7) is 2.18. The molecule has 3 aliphatic rings. The molecule has 3 aromatic rings. The van der Waals surface area contributed by atoms with E-state index in [-0.39, 0.29) is 16.9 Å². The van der Waals surface area contributed by atoms with E-state index in [2.05, 4.69) is 0 Å². The van der Waals surface area contributed by atoms with E-state index in [4.69, 9.17) is 32.8 Å². The maximum absolute atomic E-state index is 14.0. The van der Waals surface area contributed by atoms with Crippen molar-refractivity contribution in [3.8, 4) is 40.1 Å². The second kappa shape index (κ2) is 15.1. The Morgan fingerprint density at radius 3 is 1.79 bits per heavy atom. The van der Waals surface area contributed by atoms with Gasteiger partial charge in [-0.2, -0.15) is 0 Å². The van der Waals surface area contributed by atoms with Crippen LogP contribution in [0.5, 0.6) is 28.7 Å². The summed E-state index contributed by atoms with van der Waals surface area (Å²) in [4.78, 5) is 14.0. The van der Waals surface area contributed by atoms with Gasteiger partial charge in [0, 0.05) is 17.7 Å². The average molecular weight is 757 g/mol. The summed E-state index contributed by atoms with van der Waals surface area (Å²) < 4.78 is 39.3. The number of phenols is 3. The van der Waals surface area contributed by atoms with E-state index in [0.717, 1.165) is 24.3 Å². The Labute approximate surface area is 298 Å². The number of hydrogen-bond donors (Lipinski definition) is 12. The molecule has 0 amide bonds. The maximum Gasteiger partial charge on any atom is 0.239 e. The zero-order chi connectivity index (χ0) is 38.6. The molecule has 0 unspecified atom stereocenters. The molecule has 53 heavy (non-hydrogen) atoms. The Hall–Kier alpha value is -3.87. The molecule has 3 fully saturated rings. The largest absolute Gasteiger partial charge is 0.507 e. The molecule has 3 aliphatic heterocycles. The highest BCUT2D eigenvalue weighted by atomic mass is 16.7. The van der Waals surface area contributed by atoms with E-state index in [0.29, 0.717) is 0 Å². The smallest absolute Gasteiger partial charge is 0.239 e. The Bertz CT molecular complexity index is 1830. The van der Waals surface area contributed by atoms with Gasteiger partial charge in [0.2, 0.25) is 23.8 Å². The molecule has 0 bridgehead atoms. The summed E-state index contributed by atoms with van der Waals surface area (Å²) in [5.74, 6) is -3.42. The third-order valence-corrected chi connectivity index (χ3v) is 9.34. The molecule has 3 saturated heterocycles. The number of rotatable bonds is 8. The molecule has 4 heterocycles. The number of benzene rings is 2. The lowest BCUT2D eigenvalue weighted by molar-refractivity contribution is -0.318. The highest BCUT2D eigenvalue weighted by Crippen LogP contribution is 2.40. The topological polar surface area (TPSA) is 328 Å². The molecule has 0 aliphatic carbocycles. The lowest BCUT2D eigenvalue weighted by Crippen LogP contribution is -2.61. The normalized spacial score (nSPS) is 37.8. The summed E-state index contributed by atoms with van der Waals surface area (Å²) in [7, 11) is 0. The lowest BCUT2D eigenvalue weighted by atomic mass is 9.98. The van der Waals surface area contributed by atoms with Crippen LogP contribution in [0.3, 0.4) is 0 Å². The van der Waals surface area contributed by atoms with Gasteiger partial charge in [-0.05, 0) is 32.0 Å². The quantitative estimate of drug-likeness (QED) is 0.101. The highest BCUT2D eigenvalue weighted by Gasteiger charge is 2.48. The fraction of sp³-hybridized carbons (Fsp3) is 0.545. The van der Waals surface area contributed by atoms with Gasteiger partial charge in [-0.25, -0.2) is 0 Å². The van der Waals surface area contributed by atoms with Gasteiger partial charge in [0.05, 0.1) is 18.8 Å². The molecule has 292 valence electrons. The van der Waals surface area contributed by atoms with E-state index in [9.17, 15) is 66.1 Å². The zero-order valence-corrected chi connectivity index (χ0v) is 27.9. The van der Waals surface area contributed by atoms with Crippen molar-refractivity contribution in [2.75, 3.05) is 6.61 Å². The standard InChI is InChI=1S/C33H40O20/c1-9-19(37)23(41)26(44)31(48-9)47-8-17-21(39)25(43)28(46)33(52-17)53-30-22(40)18-15(36)6-12(50-32-27(45)24(42)20(38)10(2)49-32)7-16(18)51-29(30)11-3-4-13(34)14(35)5-11/h3-7,9-10,17,19-21,23-28,31-39,41-46H,8H2,1-2H3/t9-,10-,17+,19-,20-,21+,23+,24+,25-,26+,27+,28+,31-,32-,33-/m0/s1. The minimum Gasteiger partial charge on any atom is -0.507 e. The first-order valence-electron chi connectivity index (χ1n) is 16.4. The van der Waals surface area contributed by atoms with Gasteiger partial charge in [-0.3, -0.25) is 4.79 Å². The molecular weight excluding hydrogens is 716 g/mol. The van der Waals surface area contributed by atoms with Crippen molar-refractivity contribution in [2.45, 2.75) is 106 Å². The summed E-state index contributed by atoms with van der Waals surface area (Å²) >= 11 is 0. The second-order valence-electron chi connectivity index (χ2n) is 13.1. The molecule has 12 N–H and O–H groups in total. The van der Waals surface area contributed by atoms with E-state index < -0.39 is 138 Å². The first kappa shape index (κ1) is 38.8. The molecule has 0 saturated carbocycles. The van der Waals surface area contributed by atoms with Gasteiger partial charge >= 0.3 is 0 Å². The van der Waals surface area contributed by atoms with E-state index in [1.165, 1.54) is 19.9 Å². The third-order valence-electron chi connectivity index (χ3n) is 9.34. The molecule has 20 nitrogen and oxygen atoms in total. The van der Waals surface area contributed by atoms with Crippen LogP contribution in [0.15, 0.2) is 39.5 Å². The SMILES string of the molecule is C[C@@H]1O[C@@H](Oc2cc(O)c3c(=O)c(O[C@@H]4O[C@H](CO[C@H]5O[C@@H](C)[C@H](O)[C@@H](O)[C@H]5O)[C@@H](O)[C@H](O)[C@H]4O)c(-c4ccc(O)c(O)c4)oc3c2)[C@H](O)[C@H](O)[C@H]1O.